The van der Waals surface area contributed by atoms with Crippen molar-refractivity contribution in [1.82, 2.24) is 4.98 Å². The van der Waals surface area contributed by atoms with Crippen LogP contribution in [-0.4, -0.2) is 4.98 Å². The van der Waals surface area contributed by atoms with Gasteiger partial charge in [0, 0.05) is 10.8 Å². The van der Waals surface area contributed by atoms with E-state index in [9.17, 15) is 0 Å². The number of aromatic nitrogens is 1. The average Bonchev–Trinajstić information content (AvgIpc) is 2.35. The number of benzene rings is 2. The van der Waals surface area contributed by atoms with E-state index in [1.807, 2.05) is 36.4 Å². The first kappa shape index (κ1) is 9.10. The lowest BCUT2D eigenvalue weighted by Crippen LogP contribution is -1.82. The summed E-state index contributed by atoms with van der Waals surface area (Å²) >= 11 is 0. The lowest BCUT2D eigenvalue weighted by molar-refractivity contribution is 1.49. The molecule has 0 amide bonds. The Morgan fingerprint density at radius 3 is 2.56 bits per heavy atom. The molecular formula is C15H11N. The molecule has 0 saturated carbocycles. The van der Waals surface area contributed by atoms with E-state index in [-0.39, 0.29) is 0 Å². The highest BCUT2D eigenvalue weighted by Gasteiger charge is 1.99. The van der Waals surface area contributed by atoms with Crippen molar-refractivity contribution in [2.24, 2.45) is 0 Å². The van der Waals surface area contributed by atoms with Crippen LogP contribution in [0.1, 0.15) is 5.56 Å². The second-order valence-electron chi connectivity index (χ2n) is 3.84. The third-order valence-electron chi connectivity index (χ3n) is 2.78. The Morgan fingerprint density at radius 1 is 0.875 bits per heavy atom. The topological polar surface area (TPSA) is 12.9 Å². The molecule has 0 radical (unpaired) electrons. The zero-order chi connectivity index (χ0) is 11.0. The van der Waals surface area contributed by atoms with Gasteiger partial charge in [0.2, 0.25) is 0 Å². The zero-order valence-corrected chi connectivity index (χ0v) is 8.85. The smallest absolute Gasteiger partial charge is 0.0710 e. The molecule has 0 spiro atoms. The van der Waals surface area contributed by atoms with Crippen LogP contribution in [0.3, 0.4) is 0 Å². The Labute approximate surface area is 94.1 Å². The molecule has 0 aliphatic heterocycles. The Morgan fingerprint density at radius 2 is 1.69 bits per heavy atom. The van der Waals surface area contributed by atoms with E-state index in [4.69, 9.17) is 0 Å². The maximum absolute atomic E-state index is 4.62. The highest BCUT2D eigenvalue weighted by atomic mass is 14.7. The van der Waals surface area contributed by atoms with Gasteiger partial charge in [0.1, 0.15) is 0 Å². The first-order valence-corrected chi connectivity index (χ1v) is 5.29. The first-order valence-electron chi connectivity index (χ1n) is 5.29. The van der Waals surface area contributed by atoms with Crippen molar-refractivity contribution in [2.75, 3.05) is 0 Å². The molecule has 1 heterocycles. The molecule has 1 heteroatoms. The summed E-state index contributed by atoms with van der Waals surface area (Å²) in [7, 11) is 0. The molecule has 1 nitrogen and oxygen atoms in total. The fourth-order valence-electron chi connectivity index (χ4n) is 1.93. The minimum absolute atomic E-state index is 1.03. The molecule has 16 heavy (non-hydrogen) atoms. The van der Waals surface area contributed by atoms with Crippen LogP contribution in [0.4, 0.5) is 0 Å². The van der Waals surface area contributed by atoms with Crippen LogP contribution in [-0.2, 0) is 0 Å². The Balaban J connectivity index is 2.41. The molecule has 0 atom stereocenters. The number of fused-ring (bicyclic) bond motifs is 2. The van der Waals surface area contributed by atoms with Crippen molar-refractivity contribution in [3.8, 4) is 0 Å². The van der Waals surface area contributed by atoms with Gasteiger partial charge >= 0.3 is 0 Å². The SMILES string of the molecule is C=Cc1ccc2nc3ccccc3cc2c1. The number of nitrogens with zero attached hydrogens (tertiary/aromatic N) is 1. The molecule has 76 valence electrons. The van der Waals surface area contributed by atoms with E-state index in [0.717, 1.165) is 22.0 Å². The third kappa shape index (κ3) is 1.38. The number of para-hydroxylation sites is 1. The summed E-state index contributed by atoms with van der Waals surface area (Å²) in [6.45, 7) is 3.78. The molecule has 0 bridgehead atoms. The summed E-state index contributed by atoms with van der Waals surface area (Å²) < 4.78 is 0. The van der Waals surface area contributed by atoms with Gasteiger partial charge in [-0.05, 0) is 29.8 Å². The second-order valence-corrected chi connectivity index (χ2v) is 3.84. The molecule has 2 aromatic carbocycles. The first-order chi connectivity index (χ1) is 7.86. The Kier molecular flexibility index (Phi) is 1.97. The molecule has 0 N–H and O–H groups in total. The molecule has 0 aliphatic carbocycles. The van der Waals surface area contributed by atoms with Gasteiger partial charge in [0.25, 0.3) is 0 Å². The number of hydrogen-bond acceptors (Lipinski definition) is 1. The number of rotatable bonds is 1. The van der Waals surface area contributed by atoms with Gasteiger partial charge in [-0.2, -0.15) is 0 Å². The zero-order valence-electron chi connectivity index (χ0n) is 8.85. The summed E-state index contributed by atoms with van der Waals surface area (Å²) in [4.78, 5) is 4.62. The van der Waals surface area contributed by atoms with E-state index in [0.29, 0.717) is 0 Å². The van der Waals surface area contributed by atoms with Crippen molar-refractivity contribution in [3.63, 3.8) is 0 Å². The quantitative estimate of drug-likeness (QED) is 0.546. The van der Waals surface area contributed by atoms with Gasteiger partial charge in [0.15, 0.2) is 0 Å². The average molecular weight is 205 g/mol. The predicted octanol–water partition coefficient (Wildman–Crippen LogP) is 4.03. The lowest BCUT2D eigenvalue weighted by atomic mass is 10.1. The van der Waals surface area contributed by atoms with E-state index in [1.165, 1.54) is 5.39 Å². The molecule has 0 fully saturated rings. The minimum Gasteiger partial charge on any atom is -0.248 e. The van der Waals surface area contributed by atoms with E-state index in [1.54, 1.807) is 0 Å². The maximum Gasteiger partial charge on any atom is 0.0710 e. The summed E-state index contributed by atoms with van der Waals surface area (Å²) in [5.41, 5.74) is 3.20. The van der Waals surface area contributed by atoms with Gasteiger partial charge < -0.3 is 0 Å². The highest BCUT2D eigenvalue weighted by Crippen LogP contribution is 2.20. The Hall–Kier alpha value is -2.15. The van der Waals surface area contributed by atoms with Crippen LogP contribution in [0.5, 0.6) is 0 Å². The molecule has 0 saturated heterocycles. The summed E-state index contributed by atoms with van der Waals surface area (Å²) in [6.07, 6.45) is 1.86. The van der Waals surface area contributed by atoms with Crippen molar-refractivity contribution in [1.29, 1.82) is 0 Å². The van der Waals surface area contributed by atoms with Crippen LogP contribution < -0.4 is 0 Å². The fraction of sp³-hybridized carbons (Fsp3) is 0. The monoisotopic (exact) mass is 205 g/mol. The van der Waals surface area contributed by atoms with Crippen molar-refractivity contribution in [2.45, 2.75) is 0 Å². The van der Waals surface area contributed by atoms with Gasteiger partial charge in [-0.15, -0.1) is 0 Å². The molecule has 0 aliphatic rings. The van der Waals surface area contributed by atoms with Crippen LogP contribution in [0.15, 0.2) is 55.1 Å². The van der Waals surface area contributed by atoms with Crippen LogP contribution in [0, 0.1) is 0 Å². The standard InChI is InChI=1S/C15H11N/c1-2-11-7-8-15-13(9-11)10-12-5-3-4-6-14(12)16-15/h2-10H,1H2. The maximum atomic E-state index is 4.62. The van der Waals surface area contributed by atoms with Gasteiger partial charge in [0.05, 0.1) is 11.0 Å². The lowest BCUT2D eigenvalue weighted by Gasteiger charge is -2.02. The minimum atomic E-state index is 1.03. The largest absolute Gasteiger partial charge is 0.248 e. The van der Waals surface area contributed by atoms with Crippen LogP contribution >= 0.6 is 0 Å². The predicted molar refractivity (Wildman–Crippen MR) is 69.3 cm³/mol. The molecule has 0 unspecified atom stereocenters. The molecule has 3 rings (SSSR count). The van der Waals surface area contributed by atoms with E-state index < -0.39 is 0 Å². The summed E-state index contributed by atoms with van der Waals surface area (Å²) in [5.74, 6) is 0. The fourth-order valence-corrected chi connectivity index (χ4v) is 1.93. The van der Waals surface area contributed by atoms with Crippen LogP contribution in [0.25, 0.3) is 27.9 Å². The Bertz CT molecular complexity index is 683. The number of pyridine rings is 1. The van der Waals surface area contributed by atoms with E-state index >= 15 is 0 Å². The normalized spacial score (nSPS) is 10.8. The van der Waals surface area contributed by atoms with Crippen LogP contribution in [0.2, 0.25) is 0 Å². The van der Waals surface area contributed by atoms with Crippen molar-refractivity contribution < 1.29 is 0 Å². The van der Waals surface area contributed by atoms with Gasteiger partial charge in [-0.1, -0.05) is 36.9 Å². The van der Waals surface area contributed by atoms with Gasteiger partial charge in [-0.25, -0.2) is 4.98 Å². The summed E-state index contributed by atoms with van der Waals surface area (Å²) in [5, 5.41) is 2.34. The molecule has 1 aromatic heterocycles. The van der Waals surface area contributed by atoms with Crippen molar-refractivity contribution >= 4 is 27.9 Å². The molecule has 3 aromatic rings. The summed E-state index contributed by atoms with van der Waals surface area (Å²) in [6, 6.07) is 16.5. The third-order valence-corrected chi connectivity index (χ3v) is 2.78. The highest BCUT2D eigenvalue weighted by molar-refractivity contribution is 5.93. The second kappa shape index (κ2) is 3.46. The van der Waals surface area contributed by atoms with Crippen molar-refractivity contribution in [3.05, 3.63) is 60.7 Å². The van der Waals surface area contributed by atoms with Gasteiger partial charge in [-0.3, -0.25) is 0 Å². The number of hydrogen-bond donors (Lipinski definition) is 0. The van der Waals surface area contributed by atoms with E-state index in [2.05, 4.69) is 29.8 Å². The molecular weight excluding hydrogens is 194 g/mol.